The van der Waals surface area contributed by atoms with Crippen molar-refractivity contribution < 1.29 is 14.6 Å². The van der Waals surface area contributed by atoms with Gasteiger partial charge in [0.2, 0.25) is 0 Å². The van der Waals surface area contributed by atoms with Crippen LogP contribution in [0.2, 0.25) is 0 Å². The number of esters is 1. The summed E-state index contributed by atoms with van der Waals surface area (Å²) < 4.78 is 4.77. The maximum atomic E-state index is 11.7. The minimum absolute atomic E-state index is 0.377. The normalized spacial score (nSPS) is 24.8. The first-order valence-electron chi connectivity index (χ1n) is 6.12. The van der Waals surface area contributed by atoms with E-state index in [1.165, 1.54) is 7.11 Å². The third-order valence-electron chi connectivity index (χ3n) is 3.24. The van der Waals surface area contributed by atoms with E-state index in [2.05, 4.69) is 4.98 Å². The van der Waals surface area contributed by atoms with Crippen LogP contribution in [0.1, 0.15) is 18.5 Å². The fraction of sp³-hybridized carbons (Fsp3) is 0.538. The van der Waals surface area contributed by atoms with Gasteiger partial charge in [-0.1, -0.05) is 6.07 Å². The second kappa shape index (κ2) is 5.93. The number of hydrogen-bond acceptors (Lipinski definition) is 5. The second-order valence-corrected chi connectivity index (χ2v) is 4.47. The molecule has 0 saturated carbocycles. The predicted octanol–water partition coefficient (Wildman–Crippen LogP) is 0.580. The van der Waals surface area contributed by atoms with Gasteiger partial charge in [0.25, 0.3) is 0 Å². The van der Waals surface area contributed by atoms with Crippen molar-refractivity contribution in [2.75, 3.05) is 13.7 Å². The largest absolute Gasteiger partial charge is 0.468 e. The number of nitrogens with zero attached hydrogens (tertiary/aromatic N) is 2. The summed E-state index contributed by atoms with van der Waals surface area (Å²) in [7, 11) is 1.35. The van der Waals surface area contributed by atoms with Crippen LogP contribution in [0.15, 0.2) is 24.4 Å². The van der Waals surface area contributed by atoms with E-state index in [1.54, 1.807) is 6.20 Å². The summed E-state index contributed by atoms with van der Waals surface area (Å²) in [5.41, 5.74) is 0.889. The molecule has 0 aliphatic carbocycles. The smallest absolute Gasteiger partial charge is 0.325 e. The van der Waals surface area contributed by atoms with Gasteiger partial charge in [-0.15, -0.1) is 0 Å². The molecule has 0 unspecified atom stereocenters. The summed E-state index contributed by atoms with van der Waals surface area (Å²) >= 11 is 0. The average Bonchev–Trinajstić information content (AvgIpc) is 2.39. The van der Waals surface area contributed by atoms with Crippen molar-refractivity contribution in [2.45, 2.75) is 31.5 Å². The topological polar surface area (TPSA) is 62.7 Å². The van der Waals surface area contributed by atoms with E-state index in [-0.39, 0.29) is 5.97 Å². The number of ether oxygens (including phenoxy) is 1. The third-order valence-corrected chi connectivity index (χ3v) is 3.24. The van der Waals surface area contributed by atoms with Gasteiger partial charge in [-0.2, -0.15) is 0 Å². The molecule has 18 heavy (non-hydrogen) atoms. The zero-order valence-corrected chi connectivity index (χ0v) is 10.5. The molecule has 98 valence electrons. The molecule has 2 atom stereocenters. The van der Waals surface area contributed by atoms with Crippen LogP contribution in [0.3, 0.4) is 0 Å². The van der Waals surface area contributed by atoms with Gasteiger partial charge >= 0.3 is 5.97 Å². The number of hydrogen-bond donors (Lipinski definition) is 1. The molecule has 1 saturated heterocycles. The zero-order valence-electron chi connectivity index (χ0n) is 10.5. The van der Waals surface area contributed by atoms with Crippen LogP contribution in [0.25, 0.3) is 0 Å². The van der Waals surface area contributed by atoms with Crippen LogP contribution in [0.5, 0.6) is 0 Å². The maximum absolute atomic E-state index is 11.7. The molecule has 1 aliphatic heterocycles. The molecule has 0 bridgehead atoms. The SMILES string of the molecule is COC(=O)[C@H]1[C@H](O)CCCN1Cc1ccccn1. The Kier molecular flexibility index (Phi) is 4.28. The number of rotatable bonds is 3. The number of carbonyl (C=O) groups is 1. The number of aromatic nitrogens is 1. The van der Waals surface area contributed by atoms with Crippen LogP contribution >= 0.6 is 0 Å². The lowest BCUT2D eigenvalue weighted by Crippen LogP contribution is -2.52. The molecular weight excluding hydrogens is 232 g/mol. The van der Waals surface area contributed by atoms with E-state index in [9.17, 15) is 9.90 Å². The Morgan fingerprint density at radius 2 is 2.44 bits per heavy atom. The Bertz CT molecular complexity index is 396. The fourth-order valence-electron chi connectivity index (χ4n) is 2.35. The summed E-state index contributed by atoms with van der Waals surface area (Å²) in [5, 5.41) is 9.96. The minimum Gasteiger partial charge on any atom is -0.468 e. The molecule has 1 N–H and O–H groups in total. The van der Waals surface area contributed by atoms with E-state index in [1.807, 2.05) is 23.1 Å². The van der Waals surface area contributed by atoms with Gasteiger partial charge in [-0.05, 0) is 31.5 Å². The van der Waals surface area contributed by atoms with E-state index in [4.69, 9.17) is 4.74 Å². The van der Waals surface area contributed by atoms with Gasteiger partial charge in [0.05, 0.1) is 18.9 Å². The van der Waals surface area contributed by atoms with E-state index in [0.717, 1.165) is 18.7 Å². The molecular formula is C13H18N2O3. The summed E-state index contributed by atoms with van der Waals surface area (Å²) in [6.07, 6.45) is 2.58. The Balaban J connectivity index is 2.11. The van der Waals surface area contributed by atoms with Gasteiger partial charge in [-0.3, -0.25) is 14.7 Å². The molecule has 5 heteroatoms. The number of methoxy groups -OCH3 is 1. The number of carbonyl (C=O) groups excluding carboxylic acids is 1. The van der Waals surface area contributed by atoms with Crippen molar-refractivity contribution in [3.05, 3.63) is 30.1 Å². The van der Waals surface area contributed by atoms with Crippen molar-refractivity contribution in [1.82, 2.24) is 9.88 Å². The molecule has 2 heterocycles. The maximum Gasteiger partial charge on any atom is 0.325 e. The van der Waals surface area contributed by atoms with Crippen molar-refractivity contribution >= 4 is 5.97 Å². The standard InChI is InChI=1S/C13H18N2O3/c1-18-13(17)12-11(16)6-4-8-15(12)9-10-5-2-3-7-14-10/h2-3,5,7,11-12,16H,4,6,8-9H2,1H3/t11-,12-/m1/s1. The minimum atomic E-state index is -0.657. The van der Waals surface area contributed by atoms with E-state index in [0.29, 0.717) is 13.0 Å². The first-order valence-corrected chi connectivity index (χ1v) is 6.12. The zero-order chi connectivity index (χ0) is 13.0. The monoisotopic (exact) mass is 250 g/mol. The molecule has 0 spiro atoms. The number of likely N-dealkylation sites (tertiary alicyclic amines) is 1. The predicted molar refractivity (Wildman–Crippen MR) is 65.7 cm³/mol. The summed E-state index contributed by atoms with van der Waals surface area (Å²) in [6, 6.07) is 5.10. The summed E-state index contributed by atoms with van der Waals surface area (Å²) in [6.45, 7) is 1.32. The van der Waals surface area contributed by atoms with Crippen LogP contribution in [-0.2, 0) is 16.1 Å². The Hall–Kier alpha value is -1.46. The molecule has 0 radical (unpaired) electrons. The number of aliphatic hydroxyl groups is 1. The van der Waals surface area contributed by atoms with Crippen molar-refractivity contribution in [1.29, 1.82) is 0 Å². The van der Waals surface area contributed by atoms with Crippen LogP contribution in [-0.4, -0.2) is 46.8 Å². The summed E-state index contributed by atoms with van der Waals surface area (Å²) in [5.74, 6) is -0.377. The van der Waals surface area contributed by atoms with Gasteiger partial charge in [-0.25, -0.2) is 0 Å². The van der Waals surface area contributed by atoms with Crippen LogP contribution in [0, 0.1) is 0 Å². The highest BCUT2D eigenvalue weighted by molar-refractivity contribution is 5.76. The molecule has 5 nitrogen and oxygen atoms in total. The highest BCUT2D eigenvalue weighted by Crippen LogP contribution is 2.20. The first-order chi connectivity index (χ1) is 8.72. The van der Waals surface area contributed by atoms with Crippen LogP contribution in [0.4, 0.5) is 0 Å². The van der Waals surface area contributed by atoms with Gasteiger partial charge < -0.3 is 9.84 Å². The quantitative estimate of drug-likeness (QED) is 0.795. The average molecular weight is 250 g/mol. The van der Waals surface area contributed by atoms with Crippen molar-refractivity contribution in [2.24, 2.45) is 0 Å². The summed E-state index contributed by atoms with van der Waals surface area (Å²) in [4.78, 5) is 17.9. The fourth-order valence-corrected chi connectivity index (χ4v) is 2.35. The highest BCUT2D eigenvalue weighted by atomic mass is 16.5. The first kappa shape index (κ1) is 13.0. The van der Waals surface area contributed by atoms with Crippen LogP contribution < -0.4 is 0 Å². The molecule has 1 aromatic heterocycles. The Morgan fingerprint density at radius 1 is 1.61 bits per heavy atom. The second-order valence-electron chi connectivity index (χ2n) is 4.47. The van der Waals surface area contributed by atoms with E-state index >= 15 is 0 Å². The molecule has 1 aromatic rings. The number of pyridine rings is 1. The number of piperidine rings is 1. The Labute approximate surface area is 106 Å². The molecule has 1 aliphatic rings. The highest BCUT2D eigenvalue weighted by Gasteiger charge is 2.36. The lowest BCUT2D eigenvalue weighted by atomic mass is 9.98. The van der Waals surface area contributed by atoms with Crippen molar-refractivity contribution in [3.8, 4) is 0 Å². The van der Waals surface area contributed by atoms with Gasteiger partial charge in [0.1, 0.15) is 6.04 Å². The lowest BCUT2D eigenvalue weighted by Gasteiger charge is -2.36. The molecule has 2 rings (SSSR count). The molecule has 1 fully saturated rings. The third kappa shape index (κ3) is 2.86. The van der Waals surface area contributed by atoms with Crippen molar-refractivity contribution in [3.63, 3.8) is 0 Å². The lowest BCUT2D eigenvalue weighted by molar-refractivity contribution is -0.154. The molecule has 0 amide bonds. The molecule has 0 aromatic carbocycles. The van der Waals surface area contributed by atoms with Gasteiger partial charge in [0.15, 0.2) is 0 Å². The number of aliphatic hydroxyl groups excluding tert-OH is 1. The van der Waals surface area contributed by atoms with E-state index < -0.39 is 12.1 Å². The van der Waals surface area contributed by atoms with Gasteiger partial charge in [0, 0.05) is 12.7 Å². The Morgan fingerprint density at radius 3 is 3.11 bits per heavy atom.